The number of fused-ring (bicyclic) bond motifs is 1. The molecule has 1 aliphatic heterocycles. The van der Waals surface area contributed by atoms with Crippen molar-refractivity contribution in [2.75, 3.05) is 13.7 Å². The molecule has 34 heavy (non-hydrogen) atoms. The molecule has 176 valence electrons. The fraction of sp³-hybridized carbons (Fsp3) is 0.259. The van der Waals surface area contributed by atoms with Gasteiger partial charge in [0.15, 0.2) is 0 Å². The minimum atomic E-state index is -1.10. The summed E-state index contributed by atoms with van der Waals surface area (Å²) in [5, 5.41) is 9.40. The number of carbonyl (C=O) groups excluding carboxylic acids is 1. The van der Waals surface area contributed by atoms with E-state index >= 15 is 0 Å². The van der Waals surface area contributed by atoms with Gasteiger partial charge >= 0.3 is 5.97 Å². The molecule has 1 amide bonds. The van der Waals surface area contributed by atoms with E-state index in [1.807, 2.05) is 19.1 Å². The van der Waals surface area contributed by atoms with Gasteiger partial charge in [-0.3, -0.25) is 9.59 Å². The molecule has 1 N–H and O–H groups in total. The van der Waals surface area contributed by atoms with Crippen LogP contribution in [0.3, 0.4) is 0 Å². The SMILES string of the molecule is COc1ccccc1CN(CC(=O)O)C(=O)c1ccc2c(c1)CC(C)(Cc1ccc(F)cc1)O2. The van der Waals surface area contributed by atoms with Gasteiger partial charge in [-0.05, 0) is 54.4 Å². The first kappa shape index (κ1) is 23.3. The van der Waals surface area contributed by atoms with Crippen molar-refractivity contribution in [3.63, 3.8) is 0 Å². The number of hydrogen-bond donors (Lipinski definition) is 1. The van der Waals surface area contributed by atoms with E-state index in [-0.39, 0.29) is 18.3 Å². The Morgan fingerprint density at radius 3 is 2.56 bits per heavy atom. The third-order valence-corrected chi connectivity index (χ3v) is 5.89. The van der Waals surface area contributed by atoms with Gasteiger partial charge in [-0.15, -0.1) is 0 Å². The number of carboxylic acids is 1. The Bertz CT molecular complexity index is 1210. The summed E-state index contributed by atoms with van der Waals surface area (Å²) < 4.78 is 24.8. The number of carbonyl (C=O) groups is 2. The van der Waals surface area contributed by atoms with E-state index in [1.54, 1.807) is 42.5 Å². The second-order valence-electron chi connectivity index (χ2n) is 8.72. The molecular formula is C27H26FNO5. The van der Waals surface area contributed by atoms with Crippen molar-refractivity contribution in [1.29, 1.82) is 0 Å². The Morgan fingerprint density at radius 2 is 1.85 bits per heavy atom. The van der Waals surface area contributed by atoms with Gasteiger partial charge in [-0.2, -0.15) is 0 Å². The summed E-state index contributed by atoms with van der Waals surface area (Å²) in [4.78, 5) is 26.1. The Labute approximate surface area is 197 Å². The first-order valence-corrected chi connectivity index (χ1v) is 11.0. The van der Waals surface area contributed by atoms with E-state index in [2.05, 4.69) is 0 Å². The average molecular weight is 464 g/mol. The van der Waals surface area contributed by atoms with Crippen molar-refractivity contribution in [1.82, 2.24) is 4.90 Å². The van der Waals surface area contributed by atoms with Crippen molar-refractivity contribution in [3.05, 3.63) is 94.8 Å². The van der Waals surface area contributed by atoms with Gasteiger partial charge in [0.05, 0.1) is 13.7 Å². The topological polar surface area (TPSA) is 76.1 Å². The Kier molecular flexibility index (Phi) is 6.54. The number of hydrogen-bond acceptors (Lipinski definition) is 4. The molecule has 0 saturated heterocycles. The van der Waals surface area contributed by atoms with Gasteiger partial charge in [0.1, 0.15) is 29.5 Å². The predicted molar refractivity (Wildman–Crippen MR) is 125 cm³/mol. The van der Waals surface area contributed by atoms with Crippen LogP contribution in [0.5, 0.6) is 11.5 Å². The van der Waals surface area contributed by atoms with Crippen molar-refractivity contribution < 1.29 is 28.6 Å². The number of halogens is 1. The number of methoxy groups -OCH3 is 1. The molecule has 0 aliphatic carbocycles. The highest BCUT2D eigenvalue weighted by atomic mass is 19.1. The van der Waals surface area contributed by atoms with Gasteiger partial charge in [0.2, 0.25) is 0 Å². The highest BCUT2D eigenvalue weighted by molar-refractivity contribution is 5.96. The van der Waals surface area contributed by atoms with Crippen LogP contribution in [0.2, 0.25) is 0 Å². The molecule has 4 rings (SSSR count). The summed E-state index contributed by atoms with van der Waals surface area (Å²) in [5.74, 6) is -0.491. The van der Waals surface area contributed by atoms with E-state index in [0.717, 1.165) is 16.7 Å². The van der Waals surface area contributed by atoms with E-state index < -0.39 is 18.1 Å². The number of aliphatic carboxylic acids is 1. The molecule has 7 heteroatoms. The first-order chi connectivity index (χ1) is 16.3. The van der Waals surface area contributed by atoms with Crippen LogP contribution in [0.1, 0.15) is 34.0 Å². The summed E-state index contributed by atoms with van der Waals surface area (Å²) in [5.41, 5.74) is 2.42. The molecule has 0 spiro atoms. The Balaban J connectivity index is 1.54. The Morgan fingerprint density at radius 1 is 1.12 bits per heavy atom. The Hall–Kier alpha value is -3.87. The zero-order chi connectivity index (χ0) is 24.3. The molecule has 0 radical (unpaired) electrons. The van der Waals surface area contributed by atoms with Gasteiger partial charge in [-0.1, -0.05) is 30.3 Å². The number of para-hydroxylation sites is 1. The van der Waals surface area contributed by atoms with E-state index in [4.69, 9.17) is 9.47 Å². The number of benzene rings is 3. The normalized spacial score (nSPS) is 16.4. The van der Waals surface area contributed by atoms with Crippen molar-refractivity contribution in [3.8, 4) is 11.5 Å². The van der Waals surface area contributed by atoms with Crippen LogP contribution in [-0.2, 0) is 24.2 Å². The average Bonchev–Trinajstić information content (AvgIpc) is 3.14. The molecule has 0 aromatic heterocycles. The maximum Gasteiger partial charge on any atom is 0.323 e. The predicted octanol–water partition coefficient (Wildman–Crippen LogP) is 4.50. The van der Waals surface area contributed by atoms with E-state index in [9.17, 15) is 19.1 Å². The van der Waals surface area contributed by atoms with Crippen LogP contribution >= 0.6 is 0 Å². The lowest BCUT2D eigenvalue weighted by Crippen LogP contribution is -2.35. The molecule has 1 atom stereocenters. The fourth-order valence-corrected chi connectivity index (χ4v) is 4.37. The van der Waals surface area contributed by atoms with Crippen LogP contribution in [0, 0.1) is 5.82 Å². The maximum atomic E-state index is 13.3. The zero-order valence-electron chi connectivity index (χ0n) is 19.1. The summed E-state index contributed by atoms with van der Waals surface area (Å²) in [7, 11) is 1.53. The van der Waals surface area contributed by atoms with Crippen molar-refractivity contribution in [2.24, 2.45) is 0 Å². The number of nitrogens with zero attached hydrogens (tertiary/aromatic N) is 1. The minimum absolute atomic E-state index is 0.102. The van der Waals surface area contributed by atoms with Crippen LogP contribution in [-0.4, -0.2) is 41.1 Å². The molecule has 1 unspecified atom stereocenters. The lowest BCUT2D eigenvalue weighted by atomic mass is 9.91. The van der Waals surface area contributed by atoms with Crippen molar-refractivity contribution >= 4 is 11.9 Å². The molecular weight excluding hydrogens is 437 g/mol. The van der Waals surface area contributed by atoms with E-state index in [1.165, 1.54) is 24.1 Å². The van der Waals surface area contributed by atoms with Crippen LogP contribution in [0.25, 0.3) is 0 Å². The van der Waals surface area contributed by atoms with Gasteiger partial charge in [0.25, 0.3) is 5.91 Å². The number of amides is 1. The summed E-state index contributed by atoms with van der Waals surface area (Å²) >= 11 is 0. The zero-order valence-corrected chi connectivity index (χ0v) is 19.1. The van der Waals surface area contributed by atoms with Crippen LogP contribution < -0.4 is 9.47 Å². The quantitative estimate of drug-likeness (QED) is 0.533. The second kappa shape index (κ2) is 9.55. The van der Waals surface area contributed by atoms with Gasteiger partial charge in [-0.25, -0.2) is 4.39 Å². The molecule has 0 bridgehead atoms. The number of ether oxygens (including phenoxy) is 2. The van der Waals surface area contributed by atoms with Crippen LogP contribution in [0.15, 0.2) is 66.7 Å². The molecule has 1 heterocycles. The van der Waals surface area contributed by atoms with Crippen LogP contribution in [0.4, 0.5) is 4.39 Å². The third kappa shape index (κ3) is 5.20. The highest BCUT2D eigenvalue weighted by Gasteiger charge is 2.35. The highest BCUT2D eigenvalue weighted by Crippen LogP contribution is 2.37. The van der Waals surface area contributed by atoms with Gasteiger partial charge in [0, 0.05) is 24.0 Å². The number of rotatable bonds is 8. The minimum Gasteiger partial charge on any atom is -0.496 e. The molecule has 3 aromatic rings. The lowest BCUT2D eigenvalue weighted by molar-refractivity contribution is -0.137. The molecule has 6 nitrogen and oxygen atoms in total. The van der Waals surface area contributed by atoms with E-state index in [0.29, 0.717) is 29.9 Å². The fourth-order valence-electron chi connectivity index (χ4n) is 4.37. The first-order valence-electron chi connectivity index (χ1n) is 11.0. The smallest absolute Gasteiger partial charge is 0.323 e. The molecule has 0 saturated carbocycles. The standard InChI is InChI=1S/C27H26FNO5/c1-27(14-18-7-10-22(28)11-8-18)15-21-13-19(9-12-24(21)34-27)26(32)29(17-25(30)31)16-20-5-3-4-6-23(20)33-2/h3-13H,14-17H2,1-2H3,(H,30,31). The lowest BCUT2D eigenvalue weighted by Gasteiger charge is -2.24. The molecule has 0 fully saturated rings. The van der Waals surface area contributed by atoms with Gasteiger partial charge < -0.3 is 19.5 Å². The summed E-state index contributed by atoms with van der Waals surface area (Å²) in [6, 6.07) is 18.7. The van der Waals surface area contributed by atoms with Crippen molar-refractivity contribution in [2.45, 2.75) is 31.9 Å². The molecule has 1 aliphatic rings. The molecule has 3 aromatic carbocycles. The largest absolute Gasteiger partial charge is 0.496 e. The maximum absolute atomic E-state index is 13.3. The summed E-state index contributed by atoms with van der Waals surface area (Å²) in [6.07, 6.45) is 1.16. The monoisotopic (exact) mass is 463 g/mol. The summed E-state index contributed by atoms with van der Waals surface area (Å²) in [6.45, 7) is 1.65. The number of carboxylic acid groups (broad SMARTS) is 1. The second-order valence-corrected chi connectivity index (χ2v) is 8.72. The third-order valence-electron chi connectivity index (χ3n) is 5.89.